The number of nitrogens with zero attached hydrogens (tertiary/aromatic N) is 3. The van der Waals surface area contributed by atoms with E-state index in [2.05, 4.69) is 27.5 Å². The van der Waals surface area contributed by atoms with E-state index in [1.54, 1.807) is 4.90 Å². The number of hydrazine groups is 1. The Hall–Kier alpha value is -2.47. The molecule has 6 heteroatoms. The maximum Gasteiger partial charge on any atom is 0.274 e. The molecule has 2 heterocycles. The molecular weight excluding hydrogens is 254 g/mol. The van der Waals surface area contributed by atoms with Crippen molar-refractivity contribution in [1.29, 1.82) is 0 Å². The van der Waals surface area contributed by atoms with Crippen molar-refractivity contribution in [2.45, 2.75) is 13.0 Å². The minimum atomic E-state index is -0.101. The quantitative estimate of drug-likeness (QED) is 0.626. The number of carbonyl (C=O) groups is 1. The molecule has 102 valence electrons. The summed E-state index contributed by atoms with van der Waals surface area (Å²) in [6.45, 7) is 1.32. The standard InChI is InChI=1S/C14H15N5O/c15-18-13-8-16-12(7-17-13)14(20)19-6-5-10-3-1-2-4-11(10)9-19/h1-4,7-8H,5-6,9,15H2,(H,17,18). The molecule has 0 atom stereocenters. The van der Waals surface area contributed by atoms with Gasteiger partial charge in [-0.15, -0.1) is 0 Å². The second kappa shape index (κ2) is 5.26. The van der Waals surface area contributed by atoms with Gasteiger partial charge in [0.05, 0.1) is 12.4 Å². The normalized spacial score (nSPS) is 13.8. The number of rotatable bonds is 2. The van der Waals surface area contributed by atoms with Crippen molar-refractivity contribution in [3.8, 4) is 0 Å². The first-order valence-corrected chi connectivity index (χ1v) is 6.42. The van der Waals surface area contributed by atoms with Gasteiger partial charge >= 0.3 is 0 Å². The Labute approximate surface area is 116 Å². The molecular formula is C14H15N5O. The predicted molar refractivity (Wildman–Crippen MR) is 74.7 cm³/mol. The van der Waals surface area contributed by atoms with Crippen molar-refractivity contribution in [1.82, 2.24) is 14.9 Å². The highest BCUT2D eigenvalue weighted by Gasteiger charge is 2.22. The molecule has 0 unspecified atom stereocenters. The first kappa shape index (κ1) is 12.6. The Bertz CT molecular complexity index is 626. The maximum absolute atomic E-state index is 12.4. The van der Waals surface area contributed by atoms with Crippen LogP contribution in [0.25, 0.3) is 0 Å². The zero-order valence-corrected chi connectivity index (χ0v) is 10.9. The van der Waals surface area contributed by atoms with Crippen molar-refractivity contribution in [3.63, 3.8) is 0 Å². The van der Waals surface area contributed by atoms with Gasteiger partial charge in [0.1, 0.15) is 5.69 Å². The van der Waals surface area contributed by atoms with Gasteiger partial charge in [0.25, 0.3) is 5.91 Å². The second-order valence-corrected chi connectivity index (χ2v) is 4.68. The highest BCUT2D eigenvalue weighted by molar-refractivity contribution is 5.92. The largest absolute Gasteiger partial charge is 0.333 e. The van der Waals surface area contributed by atoms with E-state index in [4.69, 9.17) is 5.84 Å². The van der Waals surface area contributed by atoms with Gasteiger partial charge in [0.15, 0.2) is 5.82 Å². The third-order valence-electron chi connectivity index (χ3n) is 3.44. The SMILES string of the molecule is NNc1cnc(C(=O)N2CCc3ccccc3C2)cn1. The van der Waals surface area contributed by atoms with Crippen LogP contribution in [0.1, 0.15) is 21.6 Å². The second-order valence-electron chi connectivity index (χ2n) is 4.68. The van der Waals surface area contributed by atoms with Crippen LogP contribution in [0.4, 0.5) is 5.82 Å². The number of nitrogens with one attached hydrogen (secondary N) is 1. The minimum Gasteiger partial charge on any atom is -0.333 e. The summed E-state index contributed by atoms with van der Waals surface area (Å²) in [5, 5.41) is 0. The molecule has 1 amide bonds. The zero-order valence-electron chi connectivity index (χ0n) is 10.9. The minimum absolute atomic E-state index is 0.101. The van der Waals surface area contributed by atoms with Gasteiger partial charge in [0.2, 0.25) is 0 Å². The smallest absolute Gasteiger partial charge is 0.274 e. The number of amides is 1. The van der Waals surface area contributed by atoms with Gasteiger partial charge in [-0.05, 0) is 17.5 Å². The highest BCUT2D eigenvalue weighted by atomic mass is 16.2. The molecule has 3 rings (SSSR count). The molecule has 6 nitrogen and oxygen atoms in total. The van der Waals surface area contributed by atoms with E-state index in [1.807, 2.05) is 12.1 Å². The predicted octanol–water partition coefficient (Wildman–Crippen LogP) is 0.961. The fraction of sp³-hybridized carbons (Fsp3) is 0.214. The summed E-state index contributed by atoms with van der Waals surface area (Å²) in [5.74, 6) is 5.56. The molecule has 2 aromatic rings. The fourth-order valence-electron chi connectivity index (χ4n) is 2.34. The molecule has 20 heavy (non-hydrogen) atoms. The molecule has 0 fully saturated rings. The van der Waals surface area contributed by atoms with Crippen molar-refractivity contribution < 1.29 is 4.79 Å². The van der Waals surface area contributed by atoms with E-state index in [-0.39, 0.29) is 5.91 Å². The van der Waals surface area contributed by atoms with E-state index in [0.717, 1.165) is 6.42 Å². The number of anilines is 1. The Kier molecular flexibility index (Phi) is 3.30. The summed E-state index contributed by atoms with van der Waals surface area (Å²) in [4.78, 5) is 22.3. The average Bonchev–Trinajstić information content (AvgIpc) is 2.54. The molecule has 1 aromatic heterocycles. The van der Waals surface area contributed by atoms with Crippen LogP contribution >= 0.6 is 0 Å². The lowest BCUT2D eigenvalue weighted by Gasteiger charge is -2.28. The first-order chi connectivity index (χ1) is 9.78. The number of nitrogen functional groups attached to an aromatic ring is 1. The fourth-order valence-corrected chi connectivity index (χ4v) is 2.34. The lowest BCUT2D eigenvalue weighted by Crippen LogP contribution is -2.36. The Balaban J connectivity index is 1.78. The molecule has 0 radical (unpaired) electrons. The lowest BCUT2D eigenvalue weighted by molar-refractivity contribution is 0.0728. The van der Waals surface area contributed by atoms with Crippen LogP contribution in [0, 0.1) is 0 Å². The third kappa shape index (κ3) is 2.33. The zero-order chi connectivity index (χ0) is 13.9. The van der Waals surface area contributed by atoms with Gasteiger partial charge in [-0.1, -0.05) is 24.3 Å². The Morgan fingerprint density at radius 2 is 2.00 bits per heavy atom. The number of benzene rings is 1. The van der Waals surface area contributed by atoms with Crippen LogP contribution in [-0.4, -0.2) is 27.3 Å². The van der Waals surface area contributed by atoms with E-state index in [1.165, 1.54) is 23.5 Å². The van der Waals surface area contributed by atoms with E-state index in [9.17, 15) is 4.79 Å². The summed E-state index contributed by atoms with van der Waals surface area (Å²) < 4.78 is 0. The Morgan fingerprint density at radius 1 is 1.20 bits per heavy atom. The summed E-state index contributed by atoms with van der Waals surface area (Å²) in [7, 11) is 0. The number of nitrogens with two attached hydrogens (primary N) is 1. The molecule has 1 aromatic carbocycles. The van der Waals surface area contributed by atoms with E-state index in [0.29, 0.717) is 24.6 Å². The van der Waals surface area contributed by atoms with Crippen molar-refractivity contribution in [2.75, 3.05) is 12.0 Å². The number of aromatic nitrogens is 2. The third-order valence-corrected chi connectivity index (χ3v) is 3.44. The van der Waals surface area contributed by atoms with Crippen LogP contribution in [0.3, 0.4) is 0 Å². The van der Waals surface area contributed by atoms with Crippen LogP contribution in [0.15, 0.2) is 36.7 Å². The number of carbonyl (C=O) groups excluding carboxylic acids is 1. The van der Waals surface area contributed by atoms with Gasteiger partial charge in [0, 0.05) is 13.1 Å². The topological polar surface area (TPSA) is 84.1 Å². The molecule has 1 aliphatic rings. The van der Waals surface area contributed by atoms with Crippen molar-refractivity contribution in [2.24, 2.45) is 5.84 Å². The summed E-state index contributed by atoms with van der Waals surface area (Å²) in [6.07, 6.45) is 3.76. The molecule has 0 saturated heterocycles. The Morgan fingerprint density at radius 3 is 2.70 bits per heavy atom. The molecule has 0 bridgehead atoms. The van der Waals surface area contributed by atoms with Crippen LogP contribution in [-0.2, 0) is 13.0 Å². The molecule has 0 saturated carbocycles. The van der Waals surface area contributed by atoms with Crippen molar-refractivity contribution in [3.05, 3.63) is 53.5 Å². The number of hydrogen-bond donors (Lipinski definition) is 2. The number of fused-ring (bicyclic) bond motifs is 1. The molecule has 0 spiro atoms. The number of hydrogen-bond acceptors (Lipinski definition) is 5. The monoisotopic (exact) mass is 269 g/mol. The first-order valence-electron chi connectivity index (χ1n) is 6.42. The summed E-state index contributed by atoms with van der Waals surface area (Å²) in [5.41, 5.74) is 5.23. The van der Waals surface area contributed by atoms with Gasteiger partial charge < -0.3 is 10.3 Å². The van der Waals surface area contributed by atoms with Crippen molar-refractivity contribution >= 4 is 11.7 Å². The maximum atomic E-state index is 12.4. The molecule has 0 aliphatic carbocycles. The summed E-state index contributed by atoms with van der Waals surface area (Å²) >= 11 is 0. The van der Waals surface area contributed by atoms with Gasteiger partial charge in [-0.25, -0.2) is 15.8 Å². The van der Waals surface area contributed by atoms with E-state index >= 15 is 0 Å². The average molecular weight is 269 g/mol. The lowest BCUT2D eigenvalue weighted by atomic mass is 10.00. The van der Waals surface area contributed by atoms with Gasteiger partial charge in [-0.2, -0.15) is 0 Å². The van der Waals surface area contributed by atoms with Crippen LogP contribution < -0.4 is 11.3 Å². The van der Waals surface area contributed by atoms with E-state index < -0.39 is 0 Å². The molecule has 1 aliphatic heterocycles. The van der Waals surface area contributed by atoms with Gasteiger partial charge in [-0.3, -0.25) is 4.79 Å². The summed E-state index contributed by atoms with van der Waals surface area (Å²) in [6, 6.07) is 8.19. The highest BCUT2D eigenvalue weighted by Crippen LogP contribution is 2.19. The van der Waals surface area contributed by atoms with Crippen LogP contribution in [0.5, 0.6) is 0 Å². The molecule has 3 N–H and O–H groups in total. The van der Waals surface area contributed by atoms with Crippen LogP contribution in [0.2, 0.25) is 0 Å².